The molecule has 0 radical (unpaired) electrons. The van der Waals surface area contributed by atoms with Crippen LogP contribution in [0.2, 0.25) is 5.02 Å². The van der Waals surface area contributed by atoms with Gasteiger partial charge < -0.3 is 10.0 Å². The van der Waals surface area contributed by atoms with Gasteiger partial charge >= 0.3 is 0 Å². The van der Waals surface area contributed by atoms with E-state index in [1.165, 1.54) is 22.3 Å². The number of hydrogen-bond donors (Lipinski definition) is 1. The van der Waals surface area contributed by atoms with Crippen molar-refractivity contribution in [3.05, 3.63) is 99.8 Å². The first-order valence-electron chi connectivity index (χ1n) is 11.4. The van der Waals surface area contributed by atoms with E-state index < -0.39 is 6.10 Å². The summed E-state index contributed by atoms with van der Waals surface area (Å²) in [5.41, 5.74) is 6.71. The Kier molecular flexibility index (Phi) is 4.68. The van der Waals surface area contributed by atoms with Crippen molar-refractivity contribution >= 4 is 11.6 Å². The summed E-state index contributed by atoms with van der Waals surface area (Å²) in [4.78, 5) is 6.98. The zero-order valence-corrected chi connectivity index (χ0v) is 18.3. The number of fused-ring (bicyclic) bond motifs is 8. The molecule has 1 aromatic heterocycles. The van der Waals surface area contributed by atoms with E-state index in [1.807, 2.05) is 24.3 Å². The summed E-state index contributed by atoms with van der Waals surface area (Å²) < 4.78 is 0. The first-order chi connectivity index (χ1) is 15.2. The van der Waals surface area contributed by atoms with E-state index in [2.05, 4.69) is 46.3 Å². The maximum absolute atomic E-state index is 10.8. The van der Waals surface area contributed by atoms with Crippen LogP contribution in [0.1, 0.15) is 59.2 Å². The fourth-order valence-electron chi connectivity index (χ4n) is 6.42. The van der Waals surface area contributed by atoms with Crippen molar-refractivity contribution in [2.24, 2.45) is 5.92 Å². The molecule has 2 bridgehead atoms. The number of piperidine rings is 1. The first kappa shape index (κ1) is 19.5. The van der Waals surface area contributed by atoms with Gasteiger partial charge in [-0.2, -0.15) is 0 Å². The Morgan fingerprint density at radius 1 is 1.00 bits per heavy atom. The van der Waals surface area contributed by atoms with Crippen molar-refractivity contribution in [2.75, 3.05) is 19.6 Å². The molecule has 1 N–H and O–H groups in total. The molecule has 3 nitrogen and oxygen atoms in total. The predicted molar refractivity (Wildman–Crippen MR) is 123 cm³/mol. The standard InChI is InChI=1S/C27H27ClN2O/c28-19-8-9-21-22-16-27(24(21)15-19,23-6-2-1-5-20(22)23)17-30-13-10-18(11-14-30)26(31)25-7-3-4-12-29-25/h1-9,12,15,18,22,26,31H,10-11,13-14,16-17H2/t22-,26-,27?/m1/s1. The summed E-state index contributed by atoms with van der Waals surface area (Å²) in [5, 5.41) is 11.6. The second-order valence-electron chi connectivity index (χ2n) is 9.47. The minimum Gasteiger partial charge on any atom is -0.387 e. The molecule has 1 unspecified atom stereocenters. The van der Waals surface area contributed by atoms with Crippen LogP contribution in [0.4, 0.5) is 0 Å². The molecule has 4 heteroatoms. The van der Waals surface area contributed by atoms with Gasteiger partial charge in [-0.15, -0.1) is 0 Å². The van der Waals surface area contributed by atoms with Crippen LogP contribution in [0.25, 0.3) is 0 Å². The number of halogens is 1. The highest BCUT2D eigenvalue weighted by Gasteiger charge is 2.53. The molecule has 1 saturated heterocycles. The Morgan fingerprint density at radius 2 is 1.77 bits per heavy atom. The number of aliphatic hydroxyl groups excluding tert-OH is 1. The molecule has 0 saturated carbocycles. The number of benzene rings is 2. The lowest BCUT2D eigenvalue weighted by Crippen LogP contribution is -2.44. The van der Waals surface area contributed by atoms with Gasteiger partial charge in [0, 0.05) is 29.1 Å². The lowest BCUT2D eigenvalue weighted by Gasteiger charge is -2.40. The molecular formula is C27H27ClN2O. The third-order valence-electron chi connectivity index (χ3n) is 7.87. The van der Waals surface area contributed by atoms with Crippen LogP contribution in [0.15, 0.2) is 66.9 Å². The molecule has 6 rings (SSSR count). The van der Waals surface area contributed by atoms with Gasteiger partial charge in [-0.05, 0) is 84.8 Å². The monoisotopic (exact) mass is 430 g/mol. The van der Waals surface area contributed by atoms with E-state index in [9.17, 15) is 5.11 Å². The molecular weight excluding hydrogens is 404 g/mol. The third kappa shape index (κ3) is 3.06. The number of nitrogens with zero attached hydrogens (tertiary/aromatic N) is 2. The number of likely N-dealkylation sites (tertiary alicyclic amines) is 1. The number of aliphatic hydroxyl groups is 1. The summed E-state index contributed by atoms with van der Waals surface area (Å²) in [6, 6.07) is 21.3. The normalized spacial score (nSPS) is 25.9. The summed E-state index contributed by atoms with van der Waals surface area (Å²) in [7, 11) is 0. The maximum Gasteiger partial charge on any atom is 0.0988 e. The molecule has 158 valence electrons. The number of rotatable bonds is 4. The molecule has 2 aromatic carbocycles. The molecule has 3 aromatic rings. The molecule has 0 amide bonds. The average Bonchev–Trinajstić information content (AvgIpc) is 3.31. The zero-order chi connectivity index (χ0) is 21.0. The first-order valence-corrected chi connectivity index (χ1v) is 11.7. The number of aromatic nitrogens is 1. The van der Waals surface area contributed by atoms with Gasteiger partial charge in [-0.25, -0.2) is 0 Å². The minimum atomic E-state index is -0.468. The van der Waals surface area contributed by atoms with Gasteiger partial charge in [-0.1, -0.05) is 48.0 Å². The van der Waals surface area contributed by atoms with E-state index in [4.69, 9.17) is 11.6 Å². The second-order valence-corrected chi connectivity index (χ2v) is 9.91. The van der Waals surface area contributed by atoms with Crippen LogP contribution >= 0.6 is 11.6 Å². The lowest BCUT2D eigenvalue weighted by atomic mass is 9.74. The highest BCUT2D eigenvalue weighted by atomic mass is 35.5. The fourth-order valence-corrected chi connectivity index (χ4v) is 6.59. The SMILES string of the molecule is O[C@@H](c1ccccn1)C1CCN(CC23C[C@H](c4ccccc42)c2ccc(Cl)cc23)CC1. The predicted octanol–water partition coefficient (Wildman–Crippen LogP) is 5.32. The van der Waals surface area contributed by atoms with Crippen LogP contribution in [0.5, 0.6) is 0 Å². The molecule has 0 spiro atoms. The quantitative estimate of drug-likeness (QED) is 0.608. The second kappa shape index (κ2) is 7.44. The summed E-state index contributed by atoms with van der Waals surface area (Å²) in [6.45, 7) is 3.05. The maximum atomic E-state index is 10.8. The Morgan fingerprint density at radius 3 is 2.58 bits per heavy atom. The summed E-state index contributed by atoms with van der Waals surface area (Å²) >= 11 is 6.46. The van der Waals surface area contributed by atoms with Crippen LogP contribution < -0.4 is 0 Å². The van der Waals surface area contributed by atoms with Crippen molar-refractivity contribution in [2.45, 2.75) is 36.7 Å². The van der Waals surface area contributed by atoms with Crippen molar-refractivity contribution in [1.29, 1.82) is 0 Å². The van der Waals surface area contributed by atoms with E-state index in [1.54, 1.807) is 6.20 Å². The zero-order valence-electron chi connectivity index (χ0n) is 17.5. The molecule has 1 fully saturated rings. The van der Waals surface area contributed by atoms with Crippen LogP contribution in [0, 0.1) is 5.92 Å². The van der Waals surface area contributed by atoms with Crippen molar-refractivity contribution in [3.63, 3.8) is 0 Å². The average molecular weight is 431 g/mol. The smallest absolute Gasteiger partial charge is 0.0988 e. The van der Waals surface area contributed by atoms with Gasteiger partial charge in [-0.3, -0.25) is 4.98 Å². The molecule has 31 heavy (non-hydrogen) atoms. The van der Waals surface area contributed by atoms with Crippen LogP contribution in [-0.4, -0.2) is 34.6 Å². The lowest BCUT2D eigenvalue weighted by molar-refractivity contribution is 0.0514. The third-order valence-corrected chi connectivity index (χ3v) is 8.11. The Bertz CT molecular complexity index is 1110. The number of hydrogen-bond acceptors (Lipinski definition) is 3. The highest BCUT2D eigenvalue weighted by molar-refractivity contribution is 6.30. The van der Waals surface area contributed by atoms with Crippen LogP contribution in [-0.2, 0) is 5.41 Å². The Balaban J connectivity index is 1.25. The molecule has 3 aliphatic rings. The van der Waals surface area contributed by atoms with E-state index in [-0.39, 0.29) is 11.3 Å². The number of pyridine rings is 1. The molecule has 3 atom stereocenters. The van der Waals surface area contributed by atoms with Gasteiger partial charge in [0.1, 0.15) is 0 Å². The van der Waals surface area contributed by atoms with Crippen molar-refractivity contribution in [3.8, 4) is 0 Å². The van der Waals surface area contributed by atoms with E-state index in [0.29, 0.717) is 5.92 Å². The van der Waals surface area contributed by atoms with Gasteiger partial charge in [0.15, 0.2) is 0 Å². The fraction of sp³-hybridized carbons (Fsp3) is 0.370. The topological polar surface area (TPSA) is 36.4 Å². The Hall–Kier alpha value is -2.20. The van der Waals surface area contributed by atoms with Crippen molar-refractivity contribution in [1.82, 2.24) is 9.88 Å². The van der Waals surface area contributed by atoms with Crippen LogP contribution in [0.3, 0.4) is 0 Å². The molecule has 1 aliphatic heterocycles. The van der Waals surface area contributed by atoms with E-state index in [0.717, 1.165) is 49.6 Å². The molecule has 2 heterocycles. The Labute approximate surface area is 188 Å². The summed E-state index contributed by atoms with van der Waals surface area (Å²) in [5.74, 6) is 0.768. The molecule has 2 aliphatic carbocycles. The minimum absolute atomic E-state index is 0.0356. The van der Waals surface area contributed by atoms with Crippen molar-refractivity contribution < 1.29 is 5.11 Å². The summed E-state index contributed by atoms with van der Waals surface area (Å²) in [6.07, 6.45) is 4.45. The highest BCUT2D eigenvalue weighted by Crippen LogP contribution is 2.60. The van der Waals surface area contributed by atoms with Gasteiger partial charge in [0.05, 0.1) is 11.8 Å². The van der Waals surface area contributed by atoms with Gasteiger partial charge in [0.25, 0.3) is 0 Å². The van der Waals surface area contributed by atoms with E-state index >= 15 is 0 Å². The largest absolute Gasteiger partial charge is 0.387 e. The van der Waals surface area contributed by atoms with Gasteiger partial charge in [0.2, 0.25) is 0 Å².